The molecule has 1 aromatic heterocycles. The van der Waals surface area contributed by atoms with Crippen molar-refractivity contribution in [3.63, 3.8) is 0 Å². The largest absolute Gasteiger partial charge is 0.461 e. The van der Waals surface area contributed by atoms with Crippen molar-refractivity contribution in [3.05, 3.63) is 21.4 Å². The Morgan fingerprint density at radius 3 is 2.30 bits per heavy atom. The zero-order valence-electron chi connectivity index (χ0n) is 19.6. The summed E-state index contributed by atoms with van der Waals surface area (Å²) >= 11 is 3.67. The van der Waals surface area contributed by atoms with Crippen molar-refractivity contribution in [2.45, 2.75) is 92.6 Å². The number of hydrogen-bond donors (Lipinski definition) is 1. The number of esters is 1. The first kappa shape index (κ1) is 25.1. The third-order valence-corrected chi connectivity index (χ3v) is 6.12. The van der Waals surface area contributed by atoms with Crippen LogP contribution >= 0.6 is 15.9 Å². The normalized spacial score (nSPS) is 17.9. The maximum Gasteiger partial charge on any atom is 0.340 e. The van der Waals surface area contributed by atoms with Crippen LogP contribution in [0, 0.1) is 12.3 Å². The minimum atomic E-state index is -0.908. The highest BCUT2D eigenvalue weighted by molar-refractivity contribution is 9.10. The van der Waals surface area contributed by atoms with E-state index in [9.17, 15) is 9.90 Å². The van der Waals surface area contributed by atoms with E-state index in [1.165, 1.54) is 0 Å². The van der Waals surface area contributed by atoms with Crippen molar-refractivity contribution in [3.8, 4) is 0 Å². The SMILES string of the molecule is Cc1nc(CO)c(Br)c(N2CCC(C)(C)CC2)c1[C@H](OC(C)(C)C)C(=O)OC(C)C. The van der Waals surface area contributed by atoms with Crippen molar-refractivity contribution in [2.75, 3.05) is 18.0 Å². The summed E-state index contributed by atoms with van der Waals surface area (Å²) in [5, 5.41) is 9.86. The Bertz CT molecular complexity index is 761. The van der Waals surface area contributed by atoms with Crippen molar-refractivity contribution in [2.24, 2.45) is 5.41 Å². The topological polar surface area (TPSA) is 71.9 Å². The molecule has 2 rings (SSSR count). The van der Waals surface area contributed by atoms with Gasteiger partial charge in [0.05, 0.1) is 34.2 Å². The summed E-state index contributed by atoms with van der Waals surface area (Å²) in [7, 11) is 0. The van der Waals surface area contributed by atoms with Gasteiger partial charge in [0.1, 0.15) is 0 Å². The van der Waals surface area contributed by atoms with Gasteiger partial charge in [0.2, 0.25) is 0 Å². The number of aryl methyl sites for hydroxylation is 1. The molecule has 1 N–H and O–H groups in total. The number of aliphatic hydroxyl groups excluding tert-OH is 1. The lowest BCUT2D eigenvalue weighted by atomic mass is 9.82. The van der Waals surface area contributed by atoms with Crippen LogP contribution in [-0.2, 0) is 20.9 Å². The van der Waals surface area contributed by atoms with Crippen molar-refractivity contribution < 1.29 is 19.4 Å². The van der Waals surface area contributed by atoms with E-state index in [1.54, 1.807) is 0 Å². The third kappa shape index (κ3) is 6.17. The number of aromatic nitrogens is 1. The van der Waals surface area contributed by atoms with Gasteiger partial charge in [-0.15, -0.1) is 0 Å². The Kier molecular flexibility index (Phi) is 7.97. The van der Waals surface area contributed by atoms with Crippen LogP contribution in [0.25, 0.3) is 0 Å². The minimum Gasteiger partial charge on any atom is -0.461 e. The van der Waals surface area contributed by atoms with Crippen LogP contribution in [0.2, 0.25) is 0 Å². The summed E-state index contributed by atoms with van der Waals surface area (Å²) in [6.45, 7) is 17.4. The van der Waals surface area contributed by atoms with Crippen LogP contribution in [0.15, 0.2) is 4.47 Å². The van der Waals surface area contributed by atoms with E-state index in [1.807, 2.05) is 41.5 Å². The Morgan fingerprint density at radius 2 is 1.83 bits per heavy atom. The molecule has 0 spiro atoms. The molecular weight excluding hydrogens is 448 g/mol. The molecule has 1 fully saturated rings. The molecule has 30 heavy (non-hydrogen) atoms. The minimum absolute atomic E-state index is 0.185. The lowest BCUT2D eigenvalue weighted by Gasteiger charge is -2.40. The van der Waals surface area contributed by atoms with Gasteiger partial charge in [-0.3, -0.25) is 4.98 Å². The van der Waals surface area contributed by atoms with Gasteiger partial charge in [0.15, 0.2) is 6.10 Å². The summed E-state index contributed by atoms with van der Waals surface area (Å²) in [6.07, 6.45) is 0.913. The van der Waals surface area contributed by atoms with Gasteiger partial charge in [0, 0.05) is 24.3 Å². The molecule has 1 saturated heterocycles. The van der Waals surface area contributed by atoms with Crippen LogP contribution in [0.1, 0.15) is 84.4 Å². The van der Waals surface area contributed by atoms with Gasteiger partial charge in [-0.25, -0.2) is 4.79 Å². The summed E-state index contributed by atoms with van der Waals surface area (Å²) in [5.74, 6) is -0.424. The zero-order chi connectivity index (χ0) is 22.9. The maximum absolute atomic E-state index is 13.1. The Labute approximate surface area is 189 Å². The second-order valence-electron chi connectivity index (χ2n) is 10.1. The molecule has 0 aromatic carbocycles. The van der Waals surface area contributed by atoms with E-state index in [2.05, 4.69) is 39.7 Å². The number of aliphatic hydroxyl groups is 1. The number of anilines is 1. The Hall–Kier alpha value is -1.18. The first-order valence-corrected chi connectivity index (χ1v) is 11.5. The molecule has 0 unspecified atom stereocenters. The molecule has 0 saturated carbocycles. The summed E-state index contributed by atoms with van der Waals surface area (Å²) in [4.78, 5) is 20.0. The number of halogens is 1. The van der Waals surface area contributed by atoms with Gasteiger partial charge in [-0.2, -0.15) is 0 Å². The quantitative estimate of drug-likeness (QED) is 0.567. The zero-order valence-corrected chi connectivity index (χ0v) is 21.2. The van der Waals surface area contributed by atoms with Crippen molar-refractivity contribution in [1.82, 2.24) is 4.98 Å². The number of carbonyl (C=O) groups excluding carboxylic acids is 1. The van der Waals surface area contributed by atoms with E-state index in [-0.39, 0.29) is 18.1 Å². The van der Waals surface area contributed by atoms with Gasteiger partial charge < -0.3 is 19.5 Å². The first-order valence-electron chi connectivity index (χ1n) is 10.7. The molecular formula is C23H37BrN2O4. The van der Waals surface area contributed by atoms with E-state index < -0.39 is 17.7 Å². The summed E-state index contributed by atoms with van der Waals surface area (Å²) < 4.78 is 12.5. The highest BCUT2D eigenvalue weighted by atomic mass is 79.9. The first-order chi connectivity index (χ1) is 13.8. The third-order valence-electron chi connectivity index (χ3n) is 5.29. The highest BCUT2D eigenvalue weighted by Gasteiger charge is 2.37. The highest BCUT2D eigenvalue weighted by Crippen LogP contribution is 2.43. The molecule has 0 radical (unpaired) electrons. The molecule has 1 aliphatic rings. The molecule has 1 aromatic rings. The molecule has 0 bridgehead atoms. The molecule has 0 amide bonds. The number of rotatable bonds is 6. The van der Waals surface area contributed by atoms with Gasteiger partial charge in [-0.05, 0) is 75.7 Å². The average molecular weight is 485 g/mol. The predicted octanol–water partition coefficient (Wildman–Crippen LogP) is 5.08. The van der Waals surface area contributed by atoms with Crippen molar-refractivity contribution >= 4 is 27.6 Å². The number of hydrogen-bond acceptors (Lipinski definition) is 6. The fourth-order valence-corrected chi connectivity index (χ4v) is 4.35. The lowest BCUT2D eigenvalue weighted by Crippen LogP contribution is -2.39. The van der Waals surface area contributed by atoms with E-state index >= 15 is 0 Å². The van der Waals surface area contributed by atoms with Crippen LogP contribution in [0.3, 0.4) is 0 Å². The fourth-order valence-electron chi connectivity index (χ4n) is 3.67. The van der Waals surface area contributed by atoms with E-state index in [0.717, 1.165) is 31.6 Å². The van der Waals surface area contributed by atoms with Gasteiger partial charge >= 0.3 is 5.97 Å². The number of carbonyl (C=O) groups is 1. The maximum atomic E-state index is 13.1. The van der Waals surface area contributed by atoms with Gasteiger partial charge in [0.25, 0.3) is 0 Å². The van der Waals surface area contributed by atoms with Crippen LogP contribution in [0.5, 0.6) is 0 Å². The molecule has 7 heteroatoms. The van der Waals surface area contributed by atoms with Crippen LogP contribution in [0.4, 0.5) is 5.69 Å². The summed E-state index contributed by atoms with van der Waals surface area (Å²) in [6, 6.07) is 0. The average Bonchev–Trinajstić information content (AvgIpc) is 2.60. The fraction of sp³-hybridized carbons (Fsp3) is 0.739. The van der Waals surface area contributed by atoms with Crippen LogP contribution < -0.4 is 4.90 Å². The molecule has 1 atom stereocenters. The smallest absolute Gasteiger partial charge is 0.340 e. The number of piperidine rings is 1. The standard InChI is InChI=1S/C23H37BrN2O4/c1-14(2)29-21(28)20(30-22(4,5)6)17-15(3)25-16(13-27)18(24)19(17)26-11-9-23(7,8)10-12-26/h14,20,27H,9-13H2,1-8H3/t20-/m0/s1. The predicted molar refractivity (Wildman–Crippen MR) is 123 cm³/mol. The number of ether oxygens (including phenoxy) is 2. The molecule has 0 aliphatic carbocycles. The second-order valence-corrected chi connectivity index (χ2v) is 10.9. The Morgan fingerprint density at radius 1 is 1.27 bits per heavy atom. The number of pyridine rings is 1. The number of nitrogens with zero attached hydrogens (tertiary/aromatic N) is 2. The second kappa shape index (κ2) is 9.53. The molecule has 1 aliphatic heterocycles. The van der Waals surface area contributed by atoms with E-state index in [4.69, 9.17) is 9.47 Å². The molecule has 170 valence electrons. The van der Waals surface area contributed by atoms with Crippen LogP contribution in [-0.4, -0.2) is 40.9 Å². The van der Waals surface area contributed by atoms with Crippen molar-refractivity contribution in [1.29, 1.82) is 0 Å². The Balaban J connectivity index is 2.64. The van der Waals surface area contributed by atoms with Gasteiger partial charge in [-0.1, -0.05) is 13.8 Å². The lowest BCUT2D eigenvalue weighted by molar-refractivity contribution is -0.171. The molecule has 6 nitrogen and oxygen atoms in total. The monoisotopic (exact) mass is 484 g/mol. The molecule has 2 heterocycles. The van der Waals surface area contributed by atoms with E-state index in [0.29, 0.717) is 21.4 Å². The summed E-state index contributed by atoms with van der Waals surface area (Å²) in [5.41, 5.74) is 2.52.